The molecule has 6 heteroatoms. The Morgan fingerprint density at radius 2 is 1.48 bits per heavy atom. The van der Waals surface area contributed by atoms with Crippen molar-refractivity contribution >= 4 is 17.6 Å². The summed E-state index contributed by atoms with van der Waals surface area (Å²) < 4.78 is 0. The van der Waals surface area contributed by atoms with Crippen LogP contribution in [0.3, 0.4) is 0 Å². The number of aliphatic hydroxyl groups excluding tert-OH is 1. The quantitative estimate of drug-likeness (QED) is 0.455. The Balaban J connectivity index is 1.77. The third kappa shape index (κ3) is 6.75. The van der Waals surface area contributed by atoms with Gasteiger partial charge in [-0.05, 0) is 48.6 Å². The largest absolute Gasteiger partial charge is 0.396 e. The molecule has 0 fully saturated rings. The molecule has 0 radical (unpaired) electrons. The zero-order chi connectivity index (χ0) is 23.6. The molecule has 3 N–H and O–H groups in total. The van der Waals surface area contributed by atoms with Crippen LogP contribution in [-0.2, 0) is 4.79 Å². The first-order chi connectivity index (χ1) is 16.0. The van der Waals surface area contributed by atoms with E-state index in [4.69, 9.17) is 0 Å². The van der Waals surface area contributed by atoms with E-state index in [0.717, 1.165) is 22.3 Å². The van der Waals surface area contributed by atoms with Gasteiger partial charge in [0.05, 0.1) is 12.6 Å². The highest BCUT2D eigenvalue weighted by Crippen LogP contribution is 2.28. The van der Waals surface area contributed by atoms with E-state index in [-0.39, 0.29) is 19.2 Å². The summed E-state index contributed by atoms with van der Waals surface area (Å²) in [7, 11) is 0. The Bertz CT molecular complexity index is 1020. The van der Waals surface area contributed by atoms with Crippen LogP contribution in [0.5, 0.6) is 0 Å². The molecular weight excluding hydrogens is 414 g/mol. The summed E-state index contributed by atoms with van der Waals surface area (Å²) in [4.78, 5) is 27.3. The lowest BCUT2D eigenvalue weighted by molar-refractivity contribution is -0.121. The van der Waals surface area contributed by atoms with E-state index in [1.54, 1.807) is 6.07 Å². The number of imide groups is 1. The number of carbonyl (C=O) groups is 2. The van der Waals surface area contributed by atoms with Crippen molar-refractivity contribution in [1.29, 1.82) is 0 Å². The molecule has 3 rings (SSSR count). The third-order valence-corrected chi connectivity index (χ3v) is 5.65. The number of hydrogen-bond acceptors (Lipinski definition) is 4. The van der Waals surface area contributed by atoms with Crippen LogP contribution in [0, 0.1) is 13.8 Å². The Labute approximate surface area is 195 Å². The molecule has 172 valence electrons. The van der Waals surface area contributed by atoms with Gasteiger partial charge >= 0.3 is 6.03 Å². The number of aliphatic hydroxyl groups is 1. The van der Waals surface area contributed by atoms with Crippen LogP contribution < -0.4 is 10.6 Å². The van der Waals surface area contributed by atoms with Gasteiger partial charge in [-0.3, -0.25) is 15.0 Å². The Hall–Kier alpha value is -3.48. The molecule has 0 saturated heterocycles. The van der Waals surface area contributed by atoms with Gasteiger partial charge in [0, 0.05) is 18.8 Å². The number of amides is 3. The van der Waals surface area contributed by atoms with Gasteiger partial charge in [-0.25, -0.2) is 4.79 Å². The molecule has 0 aliphatic rings. The van der Waals surface area contributed by atoms with Crippen LogP contribution in [-0.4, -0.2) is 41.6 Å². The molecular formula is C27H31N3O3. The SMILES string of the molecule is Cc1cccc(NC(=O)NC(=O)CN(CCCO)C(c2ccccc2)c2ccccc2)c1C. The Kier molecular flexibility index (Phi) is 8.75. The number of benzene rings is 3. The number of urea groups is 1. The predicted octanol–water partition coefficient (Wildman–Crippen LogP) is 4.43. The van der Waals surface area contributed by atoms with Crippen molar-refractivity contribution in [3.8, 4) is 0 Å². The van der Waals surface area contributed by atoms with E-state index in [0.29, 0.717) is 18.7 Å². The second-order valence-corrected chi connectivity index (χ2v) is 8.02. The number of nitrogens with one attached hydrogen (secondary N) is 2. The van der Waals surface area contributed by atoms with Crippen LogP contribution in [0.25, 0.3) is 0 Å². The maximum atomic E-state index is 12.9. The van der Waals surface area contributed by atoms with Crippen LogP contribution in [0.2, 0.25) is 0 Å². The number of carbonyl (C=O) groups excluding carboxylic acids is 2. The number of rotatable bonds is 9. The van der Waals surface area contributed by atoms with E-state index in [9.17, 15) is 14.7 Å². The molecule has 3 aromatic carbocycles. The first kappa shape index (κ1) is 24.2. The average Bonchev–Trinajstić information content (AvgIpc) is 2.82. The molecule has 0 aliphatic heterocycles. The van der Waals surface area contributed by atoms with Gasteiger partial charge < -0.3 is 10.4 Å². The van der Waals surface area contributed by atoms with Crippen LogP contribution >= 0.6 is 0 Å². The maximum Gasteiger partial charge on any atom is 0.325 e. The monoisotopic (exact) mass is 445 g/mol. The summed E-state index contributed by atoms with van der Waals surface area (Å²) in [6, 6.07) is 24.7. The molecule has 0 bridgehead atoms. The van der Waals surface area contributed by atoms with Crippen molar-refractivity contribution in [3.63, 3.8) is 0 Å². The first-order valence-electron chi connectivity index (χ1n) is 11.1. The summed E-state index contributed by atoms with van der Waals surface area (Å²) in [5, 5.41) is 14.6. The van der Waals surface area contributed by atoms with Crippen molar-refractivity contribution in [1.82, 2.24) is 10.2 Å². The van der Waals surface area contributed by atoms with Gasteiger partial charge in [-0.1, -0.05) is 72.8 Å². The maximum absolute atomic E-state index is 12.9. The zero-order valence-corrected chi connectivity index (χ0v) is 19.1. The molecule has 3 amide bonds. The Morgan fingerprint density at radius 3 is 2.06 bits per heavy atom. The number of hydrogen-bond donors (Lipinski definition) is 3. The van der Waals surface area contributed by atoms with Crippen molar-refractivity contribution in [3.05, 3.63) is 101 Å². The fraction of sp³-hybridized carbons (Fsp3) is 0.259. The van der Waals surface area contributed by atoms with E-state index in [2.05, 4.69) is 10.6 Å². The molecule has 0 atom stereocenters. The lowest BCUT2D eigenvalue weighted by Gasteiger charge is -2.32. The van der Waals surface area contributed by atoms with Crippen molar-refractivity contribution in [2.75, 3.05) is 25.0 Å². The minimum Gasteiger partial charge on any atom is -0.396 e. The zero-order valence-electron chi connectivity index (χ0n) is 19.1. The first-order valence-corrected chi connectivity index (χ1v) is 11.1. The lowest BCUT2D eigenvalue weighted by atomic mass is 9.96. The van der Waals surface area contributed by atoms with Crippen molar-refractivity contribution in [2.45, 2.75) is 26.3 Å². The van der Waals surface area contributed by atoms with E-state index in [1.807, 2.05) is 91.5 Å². The second kappa shape index (κ2) is 11.9. The molecule has 0 aromatic heterocycles. The molecule has 6 nitrogen and oxygen atoms in total. The molecule has 0 heterocycles. The van der Waals surface area contributed by atoms with Gasteiger partial charge in [-0.15, -0.1) is 0 Å². The lowest BCUT2D eigenvalue weighted by Crippen LogP contribution is -2.43. The highest BCUT2D eigenvalue weighted by Gasteiger charge is 2.24. The molecule has 0 saturated carbocycles. The Morgan fingerprint density at radius 1 is 0.879 bits per heavy atom. The minimum absolute atomic E-state index is 0.00861. The van der Waals surface area contributed by atoms with Gasteiger partial charge in [0.15, 0.2) is 0 Å². The fourth-order valence-electron chi connectivity index (χ4n) is 3.85. The van der Waals surface area contributed by atoms with Crippen molar-refractivity contribution in [2.24, 2.45) is 0 Å². The molecule has 3 aromatic rings. The number of aryl methyl sites for hydroxylation is 1. The van der Waals surface area contributed by atoms with Gasteiger partial charge in [0.25, 0.3) is 0 Å². The van der Waals surface area contributed by atoms with E-state index >= 15 is 0 Å². The molecule has 0 unspecified atom stereocenters. The number of nitrogens with zero attached hydrogens (tertiary/aromatic N) is 1. The summed E-state index contributed by atoms with van der Waals surface area (Å²) in [5.41, 5.74) is 4.76. The fourth-order valence-corrected chi connectivity index (χ4v) is 3.85. The summed E-state index contributed by atoms with van der Waals surface area (Å²) >= 11 is 0. The average molecular weight is 446 g/mol. The van der Waals surface area contributed by atoms with Crippen LogP contribution in [0.15, 0.2) is 78.9 Å². The highest BCUT2D eigenvalue weighted by molar-refractivity contribution is 6.02. The predicted molar refractivity (Wildman–Crippen MR) is 131 cm³/mol. The standard InChI is InChI=1S/C27H31N3O3/c1-20-11-9-16-24(21(20)2)28-27(33)29-25(32)19-30(17-10-18-31)26(22-12-5-3-6-13-22)23-14-7-4-8-15-23/h3-9,11-16,26,31H,10,17-19H2,1-2H3,(H2,28,29,32,33). The minimum atomic E-state index is -0.563. The van der Waals surface area contributed by atoms with Gasteiger partial charge in [0.1, 0.15) is 0 Å². The van der Waals surface area contributed by atoms with E-state index < -0.39 is 11.9 Å². The van der Waals surface area contributed by atoms with Crippen LogP contribution in [0.4, 0.5) is 10.5 Å². The highest BCUT2D eigenvalue weighted by atomic mass is 16.3. The topological polar surface area (TPSA) is 81.7 Å². The molecule has 0 spiro atoms. The van der Waals surface area contributed by atoms with Crippen LogP contribution in [0.1, 0.15) is 34.7 Å². The summed E-state index contributed by atoms with van der Waals surface area (Å²) in [5.74, 6) is -0.410. The summed E-state index contributed by atoms with van der Waals surface area (Å²) in [6.07, 6.45) is 0.512. The normalized spacial score (nSPS) is 10.9. The van der Waals surface area contributed by atoms with E-state index in [1.165, 1.54) is 0 Å². The summed E-state index contributed by atoms with van der Waals surface area (Å²) in [6.45, 7) is 4.41. The smallest absolute Gasteiger partial charge is 0.325 e. The number of anilines is 1. The molecule has 33 heavy (non-hydrogen) atoms. The van der Waals surface area contributed by atoms with Gasteiger partial charge in [-0.2, -0.15) is 0 Å². The molecule has 0 aliphatic carbocycles. The third-order valence-electron chi connectivity index (χ3n) is 5.65. The second-order valence-electron chi connectivity index (χ2n) is 8.02. The van der Waals surface area contributed by atoms with Crippen molar-refractivity contribution < 1.29 is 14.7 Å². The van der Waals surface area contributed by atoms with Gasteiger partial charge in [0.2, 0.25) is 5.91 Å².